The maximum Gasteiger partial charge on any atom is 0.156 e. The molecule has 0 saturated heterocycles. The zero-order valence-corrected chi connectivity index (χ0v) is 29.6. The molecule has 0 aromatic heterocycles. The van der Waals surface area contributed by atoms with E-state index in [0.717, 1.165) is 26.1 Å². The molecule has 42 heavy (non-hydrogen) atoms. The van der Waals surface area contributed by atoms with Crippen LogP contribution < -0.4 is 0 Å². The lowest BCUT2D eigenvalue weighted by atomic mass is 10.1. The largest absolute Gasteiger partial charge is 0.374 e. The topological polar surface area (TPSA) is 18.5 Å². The van der Waals surface area contributed by atoms with Crippen molar-refractivity contribution in [3.05, 3.63) is 24.3 Å². The summed E-state index contributed by atoms with van der Waals surface area (Å²) in [5.74, 6) is 0. The Hall–Kier alpha value is -0.310. The number of allylic oxidation sites excluding steroid dienone is 4. The van der Waals surface area contributed by atoms with Crippen LogP contribution in [0.15, 0.2) is 24.3 Å². The second-order valence-electron chi connectivity index (χ2n) is 12.7. The third-order valence-electron chi connectivity index (χ3n) is 8.34. The molecule has 2 unspecified atom stereocenters. The van der Waals surface area contributed by atoms with Crippen molar-refractivity contribution in [1.82, 2.24) is 0 Å². The summed E-state index contributed by atoms with van der Waals surface area (Å²) < 4.78 is 11.8. The Bertz CT molecular complexity index is 499. The molecule has 0 aliphatic heterocycles. The molecule has 2 atom stereocenters. The lowest BCUT2D eigenvalue weighted by Gasteiger charge is -2.19. The summed E-state index contributed by atoms with van der Waals surface area (Å²) in [5.41, 5.74) is -0.331. The van der Waals surface area contributed by atoms with Gasteiger partial charge in [0, 0.05) is 13.2 Å². The average Bonchev–Trinajstić information content (AvgIpc) is 3.00. The fourth-order valence-corrected chi connectivity index (χ4v) is 5.54. The Morgan fingerprint density at radius 1 is 0.405 bits per heavy atom. The summed E-state index contributed by atoms with van der Waals surface area (Å²) in [7, 11) is 0. The van der Waals surface area contributed by atoms with Gasteiger partial charge in [0.2, 0.25) is 0 Å². The average molecular weight is 611 g/mol. The molecular weight excluding hydrogens is 536 g/mol. The Balaban J connectivity index is 3.34. The van der Waals surface area contributed by atoms with Gasteiger partial charge in [-0.2, -0.15) is 0 Å². The number of halogens is 1. The number of hydrogen-bond acceptors (Lipinski definition) is 2. The molecule has 0 aromatic carbocycles. The van der Waals surface area contributed by atoms with Crippen LogP contribution in [-0.4, -0.2) is 24.9 Å². The minimum absolute atomic E-state index is 0.0380. The van der Waals surface area contributed by atoms with E-state index in [1.165, 1.54) is 167 Å². The third kappa shape index (κ3) is 34.2. The highest BCUT2D eigenvalue weighted by Crippen LogP contribution is 2.14. The van der Waals surface area contributed by atoms with Crippen LogP contribution in [0, 0.1) is 0 Å². The lowest BCUT2D eigenvalue weighted by Crippen LogP contribution is -2.25. The van der Waals surface area contributed by atoms with E-state index in [9.17, 15) is 0 Å². The van der Waals surface area contributed by atoms with Gasteiger partial charge >= 0.3 is 0 Å². The summed E-state index contributed by atoms with van der Waals surface area (Å²) >= 11 is 6.42. The van der Waals surface area contributed by atoms with Crippen LogP contribution in [0.4, 0.5) is 0 Å². The second kappa shape index (κ2) is 36.9. The van der Waals surface area contributed by atoms with E-state index in [0.29, 0.717) is 0 Å². The van der Waals surface area contributed by atoms with Gasteiger partial charge in [0.05, 0.1) is 6.10 Å². The van der Waals surface area contributed by atoms with Gasteiger partial charge in [0.25, 0.3) is 0 Å². The van der Waals surface area contributed by atoms with Crippen LogP contribution in [0.5, 0.6) is 0 Å². The highest BCUT2D eigenvalue weighted by Gasteiger charge is 2.14. The Morgan fingerprint density at radius 2 is 0.690 bits per heavy atom. The molecule has 0 spiro atoms. The minimum Gasteiger partial charge on any atom is -0.374 e. The molecule has 250 valence electrons. The lowest BCUT2D eigenvalue weighted by molar-refractivity contribution is -0.0293. The zero-order valence-electron chi connectivity index (χ0n) is 28.9. The molecule has 0 radical (unpaired) electrons. The van der Waals surface area contributed by atoms with E-state index in [1.807, 2.05) is 6.92 Å². The Morgan fingerprint density at radius 3 is 1.05 bits per heavy atom. The Kier molecular flexibility index (Phi) is 36.6. The van der Waals surface area contributed by atoms with Crippen molar-refractivity contribution in [2.45, 2.75) is 212 Å². The van der Waals surface area contributed by atoms with E-state index in [1.54, 1.807) is 0 Å². The fourth-order valence-electron chi connectivity index (χ4n) is 5.38. The number of alkyl halides is 1. The highest BCUT2D eigenvalue weighted by atomic mass is 35.5. The quantitative estimate of drug-likeness (QED) is 0.0403. The summed E-state index contributed by atoms with van der Waals surface area (Å²) in [4.78, 5) is 0. The fraction of sp³-hybridized carbons (Fsp3) is 0.897. The predicted octanol–water partition coefficient (Wildman–Crippen LogP) is 14.0. The van der Waals surface area contributed by atoms with Gasteiger partial charge in [0.1, 0.15) is 0 Å². The normalized spacial score (nSPS) is 13.5. The number of hydrogen-bond donors (Lipinski definition) is 0. The number of rotatable bonds is 35. The molecule has 3 heteroatoms. The van der Waals surface area contributed by atoms with E-state index < -0.39 is 0 Å². The standard InChI is InChI=1S/C39H75ClO2/c1-4-6-8-10-12-14-16-18-20-22-24-26-28-30-32-34-36-41-38(3)39(40)42-37-35-33-31-29-27-25-23-21-19-17-15-13-11-9-7-5-2/h18-21,38-39H,4-17,22-37H2,1-3H3/b20-18-,21-19-. The van der Waals surface area contributed by atoms with Crippen LogP contribution in [-0.2, 0) is 9.47 Å². The van der Waals surface area contributed by atoms with Crippen molar-refractivity contribution in [3.63, 3.8) is 0 Å². The second-order valence-corrected chi connectivity index (χ2v) is 13.1. The van der Waals surface area contributed by atoms with E-state index in [2.05, 4.69) is 38.2 Å². The molecule has 0 N–H and O–H groups in total. The highest BCUT2D eigenvalue weighted by molar-refractivity contribution is 6.20. The first-order chi connectivity index (χ1) is 20.7. The van der Waals surface area contributed by atoms with Gasteiger partial charge in [-0.05, 0) is 71.1 Å². The SMILES string of the molecule is CCCCCCCC/C=C\CCCCCCCCOC(C)C(Cl)OCCCCCCCC/C=C\CCCCCCCC. The predicted molar refractivity (Wildman–Crippen MR) is 190 cm³/mol. The van der Waals surface area contributed by atoms with Crippen molar-refractivity contribution in [2.75, 3.05) is 13.2 Å². The first-order valence-electron chi connectivity index (χ1n) is 18.9. The first-order valence-corrected chi connectivity index (χ1v) is 19.3. The maximum absolute atomic E-state index is 6.42. The van der Waals surface area contributed by atoms with Crippen LogP contribution in [0.2, 0.25) is 0 Å². The molecule has 0 rings (SSSR count). The van der Waals surface area contributed by atoms with Gasteiger partial charge in [-0.3, -0.25) is 0 Å². The van der Waals surface area contributed by atoms with E-state index in [-0.39, 0.29) is 11.7 Å². The van der Waals surface area contributed by atoms with Gasteiger partial charge in [0.15, 0.2) is 5.56 Å². The van der Waals surface area contributed by atoms with Crippen molar-refractivity contribution in [3.8, 4) is 0 Å². The molecule has 0 amide bonds. The first kappa shape index (κ1) is 41.7. The molecule has 0 bridgehead atoms. The molecule has 0 aliphatic rings. The van der Waals surface area contributed by atoms with Gasteiger partial charge < -0.3 is 9.47 Å². The minimum atomic E-state index is -0.331. The molecule has 0 heterocycles. The van der Waals surface area contributed by atoms with E-state index >= 15 is 0 Å². The van der Waals surface area contributed by atoms with Crippen molar-refractivity contribution in [1.29, 1.82) is 0 Å². The summed E-state index contributed by atoms with van der Waals surface area (Å²) in [6.45, 7) is 8.15. The molecule has 0 aliphatic carbocycles. The molecule has 2 nitrogen and oxygen atoms in total. The smallest absolute Gasteiger partial charge is 0.156 e. The maximum atomic E-state index is 6.42. The van der Waals surface area contributed by atoms with E-state index in [4.69, 9.17) is 21.1 Å². The monoisotopic (exact) mass is 611 g/mol. The van der Waals surface area contributed by atoms with Crippen molar-refractivity contribution in [2.24, 2.45) is 0 Å². The zero-order chi connectivity index (χ0) is 30.6. The van der Waals surface area contributed by atoms with Crippen molar-refractivity contribution < 1.29 is 9.47 Å². The van der Waals surface area contributed by atoms with Crippen LogP contribution >= 0.6 is 11.6 Å². The third-order valence-corrected chi connectivity index (χ3v) is 8.82. The van der Waals surface area contributed by atoms with Gasteiger partial charge in [-0.15, -0.1) is 0 Å². The van der Waals surface area contributed by atoms with Gasteiger partial charge in [-0.1, -0.05) is 165 Å². The molecule has 0 fully saturated rings. The Labute approximate surface area is 270 Å². The summed E-state index contributed by atoms with van der Waals surface area (Å²) in [6, 6.07) is 0. The number of ether oxygens (including phenoxy) is 2. The molecular formula is C39H75ClO2. The van der Waals surface area contributed by atoms with Crippen LogP contribution in [0.3, 0.4) is 0 Å². The molecule has 0 aromatic rings. The number of unbranched alkanes of at least 4 members (excludes halogenated alkanes) is 24. The van der Waals surface area contributed by atoms with Crippen LogP contribution in [0.25, 0.3) is 0 Å². The molecule has 0 saturated carbocycles. The van der Waals surface area contributed by atoms with Gasteiger partial charge in [-0.25, -0.2) is 0 Å². The summed E-state index contributed by atoms with van der Waals surface area (Å²) in [6.07, 6.45) is 46.8. The van der Waals surface area contributed by atoms with Crippen LogP contribution in [0.1, 0.15) is 201 Å². The summed E-state index contributed by atoms with van der Waals surface area (Å²) in [5, 5.41) is 0. The van der Waals surface area contributed by atoms with Crippen molar-refractivity contribution >= 4 is 11.6 Å².